The number of rotatable bonds is 1. The first-order chi connectivity index (χ1) is 4.72. The Morgan fingerprint density at radius 2 is 1.82 bits per heavy atom. The SMILES string of the molecule is Cc1ccccc1B(F)F.[H-].[K+]. The van der Waals surface area contributed by atoms with E-state index >= 15 is 0 Å². The average molecular weight is 180 g/mol. The molecule has 11 heavy (non-hydrogen) atoms. The van der Waals surface area contributed by atoms with E-state index in [0.29, 0.717) is 5.56 Å². The van der Waals surface area contributed by atoms with Crippen LogP contribution in [0.5, 0.6) is 0 Å². The van der Waals surface area contributed by atoms with Crippen molar-refractivity contribution in [2.45, 2.75) is 6.92 Å². The van der Waals surface area contributed by atoms with Gasteiger partial charge in [0.05, 0.1) is 0 Å². The van der Waals surface area contributed by atoms with Crippen LogP contribution >= 0.6 is 0 Å². The van der Waals surface area contributed by atoms with Crippen LogP contribution < -0.4 is 56.8 Å². The first-order valence-corrected chi connectivity index (χ1v) is 3.05. The molecule has 0 aliphatic carbocycles. The van der Waals surface area contributed by atoms with E-state index in [1.165, 1.54) is 6.07 Å². The molecule has 0 bridgehead atoms. The van der Waals surface area contributed by atoms with Crippen LogP contribution in [0.3, 0.4) is 0 Å². The zero-order valence-electron chi connectivity index (χ0n) is 7.64. The van der Waals surface area contributed by atoms with Crippen LogP contribution in [0.4, 0.5) is 8.63 Å². The molecular formula is C7H8BF2K. The Morgan fingerprint density at radius 3 is 2.18 bits per heavy atom. The smallest absolute Gasteiger partial charge is 1.00 e. The summed E-state index contributed by atoms with van der Waals surface area (Å²) in [5.41, 5.74) is 0.778. The molecule has 0 aliphatic heterocycles. The second-order valence-corrected chi connectivity index (χ2v) is 2.16. The van der Waals surface area contributed by atoms with E-state index < -0.39 is 7.27 Å². The Kier molecular flexibility index (Phi) is 5.82. The standard InChI is InChI=1S/C7H7BF2.K.H/c1-6-4-2-3-5-7(6)8(9)10;;/h2-5H,1H3;;/q;+1;-1. The summed E-state index contributed by atoms with van der Waals surface area (Å²) >= 11 is 0. The molecular weight excluding hydrogens is 172 g/mol. The van der Waals surface area contributed by atoms with Crippen molar-refractivity contribution < 1.29 is 61.4 Å². The Balaban J connectivity index is 0. The van der Waals surface area contributed by atoms with Gasteiger partial charge >= 0.3 is 58.7 Å². The number of hydrogen-bond donors (Lipinski definition) is 0. The van der Waals surface area contributed by atoms with Crippen molar-refractivity contribution in [1.29, 1.82) is 0 Å². The maximum Gasteiger partial charge on any atom is 1.00 e. The van der Waals surface area contributed by atoms with Crippen molar-refractivity contribution in [3.63, 3.8) is 0 Å². The molecule has 0 saturated heterocycles. The minimum atomic E-state index is -2.35. The molecule has 1 aromatic carbocycles. The number of hydrogen-bond acceptors (Lipinski definition) is 0. The summed E-state index contributed by atoms with van der Waals surface area (Å²) in [7, 11) is -2.35. The van der Waals surface area contributed by atoms with E-state index in [4.69, 9.17) is 0 Å². The largest absolute Gasteiger partial charge is 1.00 e. The van der Waals surface area contributed by atoms with Gasteiger partial charge < -0.3 is 1.43 Å². The van der Waals surface area contributed by atoms with Gasteiger partial charge in [-0.15, -0.1) is 0 Å². The Hall–Kier alpha value is 0.781. The van der Waals surface area contributed by atoms with E-state index in [0.717, 1.165) is 0 Å². The zero-order valence-corrected chi connectivity index (χ0v) is 9.77. The van der Waals surface area contributed by atoms with E-state index in [9.17, 15) is 8.63 Å². The summed E-state index contributed by atoms with van der Waals surface area (Å²) in [5.74, 6) is 0. The second kappa shape index (κ2) is 5.43. The van der Waals surface area contributed by atoms with E-state index in [2.05, 4.69) is 0 Å². The quantitative estimate of drug-likeness (QED) is 0.473. The molecule has 0 aliphatic rings. The topological polar surface area (TPSA) is 0 Å². The van der Waals surface area contributed by atoms with Crippen molar-refractivity contribution >= 4 is 12.7 Å². The summed E-state index contributed by atoms with van der Waals surface area (Å²) < 4.78 is 24.1. The second-order valence-electron chi connectivity index (χ2n) is 2.16. The van der Waals surface area contributed by atoms with Crippen molar-refractivity contribution in [3.05, 3.63) is 29.8 Å². The first kappa shape index (κ1) is 11.8. The van der Waals surface area contributed by atoms with Gasteiger partial charge in [0, 0.05) is 0 Å². The molecule has 4 heteroatoms. The zero-order chi connectivity index (χ0) is 7.56. The molecule has 0 amide bonds. The Bertz CT molecular complexity index is 232. The molecule has 0 saturated carbocycles. The molecule has 0 fully saturated rings. The monoisotopic (exact) mass is 180 g/mol. The van der Waals surface area contributed by atoms with Gasteiger partial charge in [-0.2, -0.15) is 0 Å². The van der Waals surface area contributed by atoms with Gasteiger partial charge in [0.1, 0.15) is 0 Å². The molecule has 0 spiro atoms. The van der Waals surface area contributed by atoms with Crippen LogP contribution in [-0.4, -0.2) is 7.27 Å². The average Bonchev–Trinajstić information content (AvgIpc) is 1.88. The third-order valence-electron chi connectivity index (χ3n) is 1.42. The molecule has 0 N–H and O–H groups in total. The van der Waals surface area contributed by atoms with Crippen LogP contribution in [0.2, 0.25) is 0 Å². The summed E-state index contributed by atoms with van der Waals surface area (Å²) in [5, 5.41) is 0. The minimum Gasteiger partial charge on any atom is -1.00 e. The molecule has 0 atom stereocenters. The van der Waals surface area contributed by atoms with Gasteiger partial charge in [-0.1, -0.05) is 29.8 Å². The molecule has 1 rings (SSSR count). The first-order valence-electron chi connectivity index (χ1n) is 3.05. The maximum absolute atomic E-state index is 12.0. The Labute approximate surface area is 109 Å². The minimum absolute atomic E-state index is 0. The molecule has 0 unspecified atom stereocenters. The fraction of sp³-hybridized carbons (Fsp3) is 0.143. The van der Waals surface area contributed by atoms with Crippen LogP contribution in [0.1, 0.15) is 6.99 Å². The fourth-order valence-corrected chi connectivity index (χ4v) is 0.832. The normalized spacial score (nSPS) is 8.64. The van der Waals surface area contributed by atoms with E-state index in [1.54, 1.807) is 25.1 Å². The van der Waals surface area contributed by atoms with Crippen molar-refractivity contribution in [3.8, 4) is 0 Å². The predicted octanol–water partition coefficient (Wildman–Crippen LogP) is -1.25. The van der Waals surface area contributed by atoms with Crippen molar-refractivity contribution in [2.24, 2.45) is 0 Å². The number of benzene rings is 1. The van der Waals surface area contributed by atoms with Gasteiger partial charge in [0.25, 0.3) is 0 Å². The predicted molar refractivity (Wildman–Crippen MR) is 39.9 cm³/mol. The van der Waals surface area contributed by atoms with Crippen LogP contribution in [0, 0.1) is 6.92 Å². The summed E-state index contributed by atoms with van der Waals surface area (Å²) in [6.07, 6.45) is 0. The summed E-state index contributed by atoms with van der Waals surface area (Å²) in [4.78, 5) is 0. The van der Waals surface area contributed by atoms with Crippen LogP contribution in [-0.2, 0) is 0 Å². The molecule has 54 valence electrons. The van der Waals surface area contributed by atoms with E-state index in [1.807, 2.05) is 0 Å². The van der Waals surface area contributed by atoms with Gasteiger partial charge in [-0.05, 0) is 12.4 Å². The number of aryl methyl sites for hydroxylation is 1. The van der Waals surface area contributed by atoms with Gasteiger partial charge in [-0.3, -0.25) is 8.63 Å². The fourth-order valence-electron chi connectivity index (χ4n) is 0.832. The Morgan fingerprint density at radius 1 is 1.27 bits per heavy atom. The molecule has 0 heterocycles. The van der Waals surface area contributed by atoms with Gasteiger partial charge in [-0.25, -0.2) is 0 Å². The van der Waals surface area contributed by atoms with Crippen LogP contribution in [0.25, 0.3) is 0 Å². The van der Waals surface area contributed by atoms with Gasteiger partial charge in [0.2, 0.25) is 0 Å². The molecule has 0 nitrogen and oxygen atoms in total. The third kappa shape index (κ3) is 3.34. The van der Waals surface area contributed by atoms with Crippen molar-refractivity contribution in [1.82, 2.24) is 0 Å². The molecule has 0 aromatic heterocycles. The summed E-state index contributed by atoms with van der Waals surface area (Å²) in [6, 6.07) is 6.50. The molecule has 0 radical (unpaired) electrons. The van der Waals surface area contributed by atoms with Crippen LogP contribution in [0.15, 0.2) is 24.3 Å². The third-order valence-corrected chi connectivity index (χ3v) is 1.42. The van der Waals surface area contributed by atoms with Crippen molar-refractivity contribution in [2.75, 3.05) is 0 Å². The summed E-state index contributed by atoms with van der Waals surface area (Å²) in [6.45, 7) is 1.68. The van der Waals surface area contributed by atoms with Gasteiger partial charge in [0.15, 0.2) is 0 Å². The maximum atomic E-state index is 12.0. The number of halogens is 2. The van der Waals surface area contributed by atoms with E-state index in [-0.39, 0.29) is 58.3 Å². The molecule has 1 aromatic rings.